The van der Waals surface area contributed by atoms with Crippen molar-refractivity contribution in [2.24, 2.45) is 11.8 Å². The number of carbonyl (C=O) groups excluding carboxylic acids is 1. The summed E-state index contributed by atoms with van der Waals surface area (Å²) in [4.78, 5) is 34.7. The Morgan fingerprint density at radius 1 is 1.06 bits per heavy atom. The van der Waals surface area contributed by atoms with Crippen LogP contribution in [0.5, 0.6) is 0 Å². The number of hydrogen-bond acceptors (Lipinski definition) is 8. The van der Waals surface area contributed by atoms with E-state index in [2.05, 4.69) is 0 Å². The van der Waals surface area contributed by atoms with Crippen molar-refractivity contribution in [1.29, 1.82) is 0 Å². The van der Waals surface area contributed by atoms with Gasteiger partial charge in [-0.3, -0.25) is 9.59 Å². The average Bonchev–Trinajstić information content (AvgIpc) is 3.04. The van der Waals surface area contributed by atoms with Gasteiger partial charge in [-0.1, -0.05) is 44.8 Å². The minimum atomic E-state index is -1.81. The average molecular weight is 473 g/mol. The Bertz CT molecular complexity index is 693. The van der Waals surface area contributed by atoms with Crippen LogP contribution in [0, 0.1) is 11.8 Å². The predicted octanol–water partition coefficient (Wildman–Crippen LogP) is 1.25. The first-order valence-corrected chi connectivity index (χ1v) is 11.7. The van der Waals surface area contributed by atoms with Gasteiger partial charge >= 0.3 is 11.9 Å². The molecule has 0 aromatic rings. The van der Waals surface area contributed by atoms with Crippen molar-refractivity contribution in [2.45, 2.75) is 102 Å². The summed E-state index contributed by atoms with van der Waals surface area (Å²) in [5.74, 6) is -2.93. The van der Waals surface area contributed by atoms with E-state index in [1.54, 1.807) is 0 Å². The molecule has 8 atom stereocenters. The van der Waals surface area contributed by atoms with Gasteiger partial charge in [0, 0.05) is 24.7 Å². The fraction of sp³-hybridized carbons (Fsp3) is 0.783. The Kier molecular flexibility index (Phi) is 10.9. The van der Waals surface area contributed by atoms with Gasteiger partial charge in [0.2, 0.25) is 0 Å². The van der Waals surface area contributed by atoms with Crippen molar-refractivity contribution >= 4 is 17.7 Å². The zero-order valence-electron chi connectivity index (χ0n) is 18.9. The molecule has 0 amide bonds. The summed E-state index contributed by atoms with van der Waals surface area (Å²) in [5, 5.41) is 48.1. The standard InChI is InChI=1S/C23H36O10/c1-2-3-6-10-14-13(9-7-4-5-8-11-17(25)26)15(24)12-16(14)32-23-20(29)18(27)19(28)21(33-23)22(30)31/h6,10,13-14,16,18-21,23,27-29H,2-5,7-9,11-12H2,1H3,(H,25,26)(H,30,31)/t13?,14?,16?,18-,19-,20+,21-,23?/m0/s1. The molecule has 5 N–H and O–H groups in total. The Morgan fingerprint density at radius 3 is 2.39 bits per heavy atom. The van der Waals surface area contributed by atoms with E-state index < -0.39 is 48.7 Å². The van der Waals surface area contributed by atoms with Gasteiger partial charge in [0.25, 0.3) is 0 Å². The molecule has 1 saturated carbocycles. The molecule has 2 fully saturated rings. The van der Waals surface area contributed by atoms with Crippen LogP contribution >= 0.6 is 0 Å². The molecule has 0 aromatic heterocycles. The van der Waals surface area contributed by atoms with E-state index in [0.717, 1.165) is 32.1 Å². The van der Waals surface area contributed by atoms with Crippen LogP contribution in [-0.2, 0) is 23.9 Å². The summed E-state index contributed by atoms with van der Waals surface area (Å²) >= 11 is 0. The summed E-state index contributed by atoms with van der Waals surface area (Å²) in [6, 6.07) is 0. The molecule has 0 aromatic carbocycles. The first-order chi connectivity index (χ1) is 15.7. The second-order valence-corrected chi connectivity index (χ2v) is 8.83. The van der Waals surface area contributed by atoms with Crippen LogP contribution < -0.4 is 0 Å². The Hall–Kier alpha value is -1.85. The molecule has 0 radical (unpaired) electrons. The van der Waals surface area contributed by atoms with Crippen LogP contribution in [0.1, 0.15) is 64.7 Å². The maximum Gasteiger partial charge on any atom is 0.335 e. The van der Waals surface area contributed by atoms with Crippen LogP contribution in [0.25, 0.3) is 0 Å². The van der Waals surface area contributed by atoms with Gasteiger partial charge in [-0.15, -0.1) is 0 Å². The predicted molar refractivity (Wildman–Crippen MR) is 115 cm³/mol. The number of allylic oxidation sites excluding steroid dienone is 1. The minimum absolute atomic E-state index is 0.00245. The highest BCUT2D eigenvalue weighted by molar-refractivity contribution is 5.84. The zero-order valence-corrected chi connectivity index (χ0v) is 18.9. The quantitative estimate of drug-likeness (QED) is 0.194. The third-order valence-corrected chi connectivity index (χ3v) is 6.30. The van der Waals surface area contributed by atoms with E-state index >= 15 is 0 Å². The maximum absolute atomic E-state index is 12.8. The van der Waals surface area contributed by atoms with Crippen LogP contribution in [-0.4, -0.2) is 80.1 Å². The lowest BCUT2D eigenvalue weighted by molar-refractivity contribution is -0.305. The Balaban J connectivity index is 2.04. The first kappa shape index (κ1) is 27.4. The number of aliphatic hydroxyl groups excluding tert-OH is 3. The van der Waals surface area contributed by atoms with Gasteiger partial charge in [-0.25, -0.2) is 4.79 Å². The zero-order chi connectivity index (χ0) is 24.5. The number of carboxylic acid groups (broad SMARTS) is 2. The number of carboxylic acids is 2. The lowest BCUT2D eigenvalue weighted by Gasteiger charge is -2.40. The molecular weight excluding hydrogens is 436 g/mol. The third-order valence-electron chi connectivity index (χ3n) is 6.30. The van der Waals surface area contributed by atoms with Crippen molar-refractivity contribution in [3.05, 3.63) is 12.2 Å². The largest absolute Gasteiger partial charge is 0.481 e. The number of hydrogen-bond donors (Lipinski definition) is 5. The van der Waals surface area contributed by atoms with Crippen LogP contribution in [0.4, 0.5) is 0 Å². The molecule has 4 unspecified atom stereocenters. The molecule has 0 spiro atoms. The van der Waals surface area contributed by atoms with Crippen molar-refractivity contribution in [1.82, 2.24) is 0 Å². The van der Waals surface area contributed by atoms with Crippen LogP contribution in [0.3, 0.4) is 0 Å². The number of Topliss-reactive ketones (excluding diaryl/α,β-unsaturated/α-hetero) is 1. The second kappa shape index (κ2) is 13.1. The van der Waals surface area contributed by atoms with Gasteiger partial charge in [0.05, 0.1) is 6.10 Å². The molecule has 1 heterocycles. The summed E-state index contributed by atoms with van der Waals surface area (Å²) in [7, 11) is 0. The summed E-state index contributed by atoms with van der Waals surface area (Å²) in [5.41, 5.74) is 0. The van der Waals surface area contributed by atoms with E-state index in [1.165, 1.54) is 0 Å². The van der Waals surface area contributed by atoms with Gasteiger partial charge < -0.3 is 35.0 Å². The van der Waals surface area contributed by atoms with Gasteiger partial charge in [-0.05, 0) is 19.3 Å². The minimum Gasteiger partial charge on any atom is -0.481 e. The lowest BCUT2D eigenvalue weighted by Crippen LogP contribution is -2.61. The second-order valence-electron chi connectivity index (χ2n) is 8.83. The SMILES string of the molecule is CCCC=CC1C(OC2O[C@H](C(=O)O)[C@@H](O)[C@H](O)[C@H]2O)CC(=O)C1CCCCCCC(=O)O. The third kappa shape index (κ3) is 7.58. The highest BCUT2D eigenvalue weighted by Gasteiger charge is 2.50. The number of unbranched alkanes of at least 4 members (excludes halogenated alkanes) is 4. The fourth-order valence-electron chi connectivity index (χ4n) is 4.46. The summed E-state index contributed by atoms with van der Waals surface area (Å²) in [6.07, 6.45) is 0.179. The number of rotatable bonds is 13. The van der Waals surface area contributed by atoms with Crippen LogP contribution in [0.2, 0.25) is 0 Å². The molecule has 1 aliphatic heterocycles. The number of ketones is 1. The van der Waals surface area contributed by atoms with E-state index in [0.29, 0.717) is 12.8 Å². The molecule has 10 nitrogen and oxygen atoms in total. The smallest absolute Gasteiger partial charge is 0.335 e. The van der Waals surface area contributed by atoms with E-state index in [9.17, 15) is 34.8 Å². The van der Waals surface area contributed by atoms with E-state index in [-0.39, 0.29) is 30.5 Å². The Morgan fingerprint density at radius 2 is 1.76 bits per heavy atom. The normalized spacial score (nSPS) is 34.7. The molecule has 10 heteroatoms. The summed E-state index contributed by atoms with van der Waals surface area (Å²) in [6.45, 7) is 2.03. The molecule has 2 rings (SSSR count). The fourth-order valence-corrected chi connectivity index (χ4v) is 4.46. The van der Waals surface area contributed by atoms with Crippen molar-refractivity contribution < 1.29 is 49.4 Å². The number of ether oxygens (including phenoxy) is 2. The highest BCUT2D eigenvalue weighted by atomic mass is 16.7. The number of aliphatic carboxylic acids is 2. The topological polar surface area (TPSA) is 171 Å². The molecular formula is C23H36O10. The Labute approximate surface area is 193 Å². The monoisotopic (exact) mass is 472 g/mol. The van der Waals surface area contributed by atoms with E-state index in [1.807, 2.05) is 19.1 Å². The maximum atomic E-state index is 12.8. The van der Waals surface area contributed by atoms with E-state index in [4.69, 9.17) is 14.6 Å². The summed E-state index contributed by atoms with van der Waals surface area (Å²) < 4.78 is 11.1. The van der Waals surface area contributed by atoms with Gasteiger partial charge in [0.15, 0.2) is 12.4 Å². The van der Waals surface area contributed by atoms with Crippen LogP contribution in [0.15, 0.2) is 12.2 Å². The highest BCUT2D eigenvalue weighted by Crippen LogP contribution is 2.38. The van der Waals surface area contributed by atoms with Gasteiger partial charge in [0.1, 0.15) is 24.1 Å². The molecule has 1 saturated heterocycles. The van der Waals surface area contributed by atoms with Crippen molar-refractivity contribution in [3.63, 3.8) is 0 Å². The van der Waals surface area contributed by atoms with Crippen molar-refractivity contribution in [2.75, 3.05) is 0 Å². The molecule has 0 bridgehead atoms. The molecule has 2 aliphatic rings. The molecule has 33 heavy (non-hydrogen) atoms. The number of carbonyl (C=O) groups is 3. The van der Waals surface area contributed by atoms with Crippen molar-refractivity contribution in [3.8, 4) is 0 Å². The molecule has 1 aliphatic carbocycles. The number of aliphatic hydroxyl groups is 3. The lowest BCUT2D eigenvalue weighted by atomic mass is 9.88. The van der Waals surface area contributed by atoms with Gasteiger partial charge in [-0.2, -0.15) is 0 Å². The first-order valence-electron chi connectivity index (χ1n) is 11.7. The molecule has 188 valence electrons.